The first-order valence-electron chi connectivity index (χ1n) is 10.2. The van der Waals surface area contributed by atoms with E-state index in [9.17, 15) is 13.2 Å². The summed E-state index contributed by atoms with van der Waals surface area (Å²) in [6.45, 7) is 3.21. The van der Waals surface area contributed by atoms with Gasteiger partial charge in [0.25, 0.3) is 0 Å². The van der Waals surface area contributed by atoms with Gasteiger partial charge < -0.3 is 15.8 Å². The zero-order valence-electron chi connectivity index (χ0n) is 17.3. The number of aryl methyl sites for hydroxylation is 1. The number of nitrogens with two attached hydrogens (primary N) is 1. The maximum Gasteiger partial charge on any atom is 0.418 e. The van der Waals surface area contributed by atoms with Crippen molar-refractivity contribution in [3.05, 3.63) is 53.7 Å². The molecule has 1 saturated heterocycles. The third-order valence-corrected chi connectivity index (χ3v) is 4.90. The van der Waals surface area contributed by atoms with Crippen LogP contribution in [0.1, 0.15) is 43.1 Å². The molecule has 3 heterocycles. The highest BCUT2D eigenvalue weighted by Gasteiger charge is 2.35. The van der Waals surface area contributed by atoms with Crippen molar-refractivity contribution < 1.29 is 17.9 Å². The number of rotatable bonds is 7. The number of nitrogens with zero attached hydrogens (tertiary/aromatic N) is 3. The average Bonchev–Trinajstić information content (AvgIpc) is 2.75. The molecule has 6 nitrogen and oxygen atoms in total. The van der Waals surface area contributed by atoms with Gasteiger partial charge in [-0.15, -0.1) is 0 Å². The van der Waals surface area contributed by atoms with Gasteiger partial charge in [-0.05, 0) is 37.5 Å². The van der Waals surface area contributed by atoms with Gasteiger partial charge in [0.1, 0.15) is 0 Å². The zero-order chi connectivity index (χ0) is 22.3. The lowest BCUT2D eigenvalue weighted by Gasteiger charge is -2.24. The number of halogens is 3. The molecule has 1 aliphatic rings. The molecule has 0 aliphatic carbocycles. The summed E-state index contributed by atoms with van der Waals surface area (Å²) >= 11 is 0. The molecule has 0 saturated carbocycles. The van der Waals surface area contributed by atoms with Crippen LogP contribution in [-0.4, -0.2) is 35.4 Å². The first-order valence-corrected chi connectivity index (χ1v) is 10.2. The number of hydrogen-bond acceptors (Lipinski definition) is 6. The molecular weight excluding hydrogens is 407 g/mol. The van der Waals surface area contributed by atoms with E-state index in [0.717, 1.165) is 43.6 Å². The fourth-order valence-electron chi connectivity index (χ4n) is 3.33. The number of hydrogen-bond donors (Lipinski definition) is 2. The predicted octanol–water partition coefficient (Wildman–Crippen LogP) is 4.74. The van der Waals surface area contributed by atoms with E-state index >= 15 is 0 Å². The predicted molar refractivity (Wildman–Crippen MR) is 115 cm³/mol. The monoisotopic (exact) mass is 433 g/mol. The Kier molecular flexibility index (Phi) is 7.62. The third kappa shape index (κ3) is 6.27. The molecule has 0 aromatic carbocycles. The summed E-state index contributed by atoms with van der Waals surface area (Å²) in [6.07, 6.45) is 4.00. The van der Waals surface area contributed by atoms with E-state index < -0.39 is 11.7 Å². The lowest BCUT2D eigenvalue weighted by molar-refractivity contribution is -0.138. The third-order valence-electron chi connectivity index (χ3n) is 4.90. The van der Waals surface area contributed by atoms with Crippen molar-refractivity contribution in [1.82, 2.24) is 9.97 Å². The molecule has 0 bridgehead atoms. The van der Waals surface area contributed by atoms with Crippen LogP contribution in [0.2, 0.25) is 0 Å². The molecular formula is C22H26F3N5O. The van der Waals surface area contributed by atoms with E-state index in [1.807, 2.05) is 6.92 Å². The molecule has 1 aliphatic heterocycles. The largest absolute Gasteiger partial charge is 0.418 e. The van der Waals surface area contributed by atoms with Gasteiger partial charge in [-0.2, -0.15) is 13.2 Å². The standard InChI is InChI=1S/C22H26F3N5O/c1-2-3-17-10-18(4-7-27-17)28-13-15(12-26)21-20(22(23,24)25)11-19(14-29-21)30-16-5-8-31-9-6-16/h4,7,10-14,16,30H,2-3,5-6,8-9,26H2,1H3. The van der Waals surface area contributed by atoms with Gasteiger partial charge in [0, 0.05) is 49.1 Å². The highest BCUT2D eigenvalue weighted by molar-refractivity contribution is 6.10. The van der Waals surface area contributed by atoms with Crippen LogP contribution in [-0.2, 0) is 17.3 Å². The SMILES string of the molecule is CCCc1cc(N=CC(=CN)c2ncc(NC3CCOCC3)cc2C(F)(F)F)ccn1. The summed E-state index contributed by atoms with van der Waals surface area (Å²) in [4.78, 5) is 12.6. The summed E-state index contributed by atoms with van der Waals surface area (Å²) < 4.78 is 46.7. The van der Waals surface area contributed by atoms with E-state index in [2.05, 4.69) is 20.3 Å². The molecule has 3 rings (SSSR count). The number of aromatic nitrogens is 2. The Bertz CT molecular complexity index is 937. The van der Waals surface area contributed by atoms with Crippen LogP contribution in [0.25, 0.3) is 5.57 Å². The number of anilines is 1. The molecule has 0 radical (unpaired) electrons. The number of nitrogens with one attached hydrogen (secondary N) is 1. The molecule has 1 fully saturated rings. The Hall–Kier alpha value is -2.94. The Balaban J connectivity index is 1.87. The molecule has 0 atom stereocenters. The van der Waals surface area contributed by atoms with Crippen LogP contribution >= 0.6 is 0 Å². The highest BCUT2D eigenvalue weighted by atomic mass is 19.4. The molecule has 9 heteroatoms. The van der Waals surface area contributed by atoms with Crippen LogP contribution < -0.4 is 11.1 Å². The molecule has 166 valence electrons. The number of ether oxygens (including phenoxy) is 1. The molecule has 0 amide bonds. The van der Waals surface area contributed by atoms with Gasteiger partial charge in [0.2, 0.25) is 0 Å². The number of aliphatic imine (C=N–C) groups is 1. The second kappa shape index (κ2) is 10.4. The molecule has 0 spiro atoms. The van der Waals surface area contributed by atoms with Gasteiger partial charge in [-0.25, -0.2) is 0 Å². The second-order valence-corrected chi connectivity index (χ2v) is 7.28. The minimum atomic E-state index is -4.59. The lowest BCUT2D eigenvalue weighted by Crippen LogP contribution is -2.28. The van der Waals surface area contributed by atoms with Crippen molar-refractivity contribution in [2.75, 3.05) is 18.5 Å². The smallest absolute Gasteiger partial charge is 0.404 e. The van der Waals surface area contributed by atoms with Crippen molar-refractivity contribution in [3.63, 3.8) is 0 Å². The van der Waals surface area contributed by atoms with E-state index in [-0.39, 0.29) is 17.3 Å². The van der Waals surface area contributed by atoms with Gasteiger partial charge in [0.05, 0.1) is 28.8 Å². The van der Waals surface area contributed by atoms with Crippen LogP contribution in [0.15, 0.2) is 41.8 Å². The maximum atomic E-state index is 13.8. The van der Waals surface area contributed by atoms with Crippen LogP contribution in [0.3, 0.4) is 0 Å². The second-order valence-electron chi connectivity index (χ2n) is 7.28. The van der Waals surface area contributed by atoms with Crippen molar-refractivity contribution in [1.29, 1.82) is 0 Å². The fourth-order valence-corrected chi connectivity index (χ4v) is 3.33. The first-order chi connectivity index (χ1) is 14.9. The number of alkyl halides is 3. The zero-order valence-corrected chi connectivity index (χ0v) is 17.3. The van der Waals surface area contributed by atoms with Gasteiger partial charge in [-0.1, -0.05) is 13.3 Å². The fraction of sp³-hybridized carbons (Fsp3) is 0.409. The van der Waals surface area contributed by atoms with Crippen LogP contribution in [0.5, 0.6) is 0 Å². The maximum absolute atomic E-state index is 13.8. The summed E-state index contributed by atoms with van der Waals surface area (Å²) in [5.41, 5.74) is 6.36. The Labute approximate surface area is 179 Å². The van der Waals surface area contributed by atoms with Crippen molar-refractivity contribution in [2.45, 2.75) is 44.8 Å². The lowest BCUT2D eigenvalue weighted by atomic mass is 10.1. The Morgan fingerprint density at radius 3 is 2.74 bits per heavy atom. The van der Waals surface area contributed by atoms with Crippen LogP contribution in [0, 0.1) is 0 Å². The summed E-state index contributed by atoms with van der Waals surface area (Å²) in [5.74, 6) is 0. The normalized spacial score (nSPS) is 16.1. The van der Waals surface area contributed by atoms with Crippen molar-refractivity contribution in [2.24, 2.45) is 10.7 Å². The minimum Gasteiger partial charge on any atom is -0.404 e. The molecule has 2 aromatic rings. The van der Waals surface area contributed by atoms with E-state index in [4.69, 9.17) is 10.5 Å². The van der Waals surface area contributed by atoms with E-state index in [1.54, 1.807) is 18.3 Å². The van der Waals surface area contributed by atoms with Crippen LogP contribution in [0.4, 0.5) is 24.5 Å². The highest BCUT2D eigenvalue weighted by Crippen LogP contribution is 2.35. The van der Waals surface area contributed by atoms with Crippen molar-refractivity contribution >= 4 is 23.2 Å². The summed E-state index contributed by atoms with van der Waals surface area (Å²) in [5, 5.41) is 3.12. The Morgan fingerprint density at radius 2 is 2.06 bits per heavy atom. The van der Waals surface area contributed by atoms with E-state index in [1.165, 1.54) is 12.4 Å². The van der Waals surface area contributed by atoms with Gasteiger partial charge >= 0.3 is 6.18 Å². The average molecular weight is 433 g/mol. The number of allylic oxidation sites excluding steroid dienone is 1. The molecule has 31 heavy (non-hydrogen) atoms. The van der Waals surface area contributed by atoms with Gasteiger partial charge in [-0.3, -0.25) is 15.0 Å². The first kappa shape index (κ1) is 22.7. The molecule has 0 unspecified atom stereocenters. The summed E-state index contributed by atoms with van der Waals surface area (Å²) in [6, 6.07) is 4.61. The molecule has 2 aromatic heterocycles. The minimum absolute atomic E-state index is 0.0533. The summed E-state index contributed by atoms with van der Waals surface area (Å²) in [7, 11) is 0. The van der Waals surface area contributed by atoms with E-state index in [0.29, 0.717) is 24.6 Å². The van der Waals surface area contributed by atoms with Gasteiger partial charge in [0.15, 0.2) is 0 Å². The van der Waals surface area contributed by atoms with Crippen molar-refractivity contribution in [3.8, 4) is 0 Å². The number of pyridine rings is 2. The molecule has 3 N–H and O–H groups in total. The quantitative estimate of drug-likeness (QED) is 0.616. The topological polar surface area (TPSA) is 85.4 Å². The Morgan fingerprint density at radius 1 is 1.29 bits per heavy atom.